The van der Waals surface area contributed by atoms with Gasteiger partial charge in [0.1, 0.15) is 6.54 Å². The smallest absolute Gasteiger partial charge is 0.251 e. The predicted octanol–water partition coefficient (Wildman–Crippen LogP) is 1.86. The maximum atomic E-state index is 12.5. The van der Waals surface area contributed by atoms with Crippen molar-refractivity contribution in [3.8, 4) is 0 Å². The number of carbonyl (C=O) groups excluding carboxylic acids is 1. The van der Waals surface area contributed by atoms with Crippen LogP contribution in [0.4, 0.5) is 0 Å². The Balaban J connectivity index is 1.47. The lowest BCUT2D eigenvalue weighted by Gasteiger charge is -2.29. The van der Waals surface area contributed by atoms with Gasteiger partial charge in [0.25, 0.3) is 5.91 Å². The van der Waals surface area contributed by atoms with E-state index in [1.807, 2.05) is 12.1 Å². The summed E-state index contributed by atoms with van der Waals surface area (Å²) in [6, 6.07) is 14.9. The molecule has 2 aromatic rings. The Morgan fingerprint density at radius 2 is 1.61 bits per heavy atom. The molecule has 1 amide bonds. The number of benzene rings is 2. The fraction of sp³-hybridized carbons (Fsp3) is 0.381. The summed E-state index contributed by atoms with van der Waals surface area (Å²) in [5, 5.41) is 3.86. The van der Waals surface area contributed by atoms with Crippen LogP contribution in [0, 0.1) is 0 Å². The van der Waals surface area contributed by atoms with Crippen LogP contribution in [-0.4, -0.2) is 39.7 Å². The van der Waals surface area contributed by atoms with Crippen molar-refractivity contribution in [1.82, 2.24) is 5.32 Å². The van der Waals surface area contributed by atoms with Crippen LogP contribution < -0.4 is 10.2 Å². The zero-order valence-corrected chi connectivity index (χ0v) is 17.5. The first-order chi connectivity index (χ1) is 13.3. The molecular weight excluding hydrogens is 396 g/mol. The lowest BCUT2D eigenvalue weighted by molar-refractivity contribution is -0.918. The van der Waals surface area contributed by atoms with Gasteiger partial charge in [-0.1, -0.05) is 35.9 Å². The maximum Gasteiger partial charge on any atom is 0.251 e. The Morgan fingerprint density at radius 3 is 2.18 bits per heavy atom. The standard InChI is InChI=1S/C21H25ClN2O3S/c1-28(26,27)15-17-2-6-18(7-3-17)21(25)23-20-10-12-24(13-11-20)14-16-4-8-19(22)9-5-16/h2-9,20H,10-15H2,1H3,(H,23,25)/p+1. The van der Waals surface area contributed by atoms with Gasteiger partial charge in [0.15, 0.2) is 9.84 Å². The van der Waals surface area contributed by atoms with Gasteiger partial charge in [-0.25, -0.2) is 8.42 Å². The lowest BCUT2D eigenvalue weighted by atomic mass is 10.0. The number of sulfone groups is 1. The molecule has 0 aromatic heterocycles. The molecule has 1 saturated heterocycles. The van der Waals surface area contributed by atoms with Crippen molar-refractivity contribution in [1.29, 1.82) is 0 Å². The molecule has 3 rings (SSSR count). The molecule has 28 heavy (non-hydrogen) atoms. The van der Waals surface area contributed by atoms with Crippen LogP contribution in [0.25, 0.3) is 0 Å². The second kappa shape index (κ2) is 9.07. The average molecular weight is 422 g/mol. The normalized spacial score (nSPS) is 19.9. The zero-order valence-electron chi connectivity index (χ0n) is 15.9. The first kappa shape index (κ1) is 20.8. The average Bonchev–Trinajstić information content (AvgIpc) is 2.64. The molecule has 1 heterocycles. The number of hydrogen-bond acceptors (Lipinski definition) is 3. The summed E-state index contributed by atoms with van der Waals surface area (Å²) in [6.07, 6.45) is 3.09. The maximum absolute atomic E-state index is 12.5. The van der Waals surface area contributed by atoms with Gasteiger partial charge in [-0.2, -0.15) is 0 Å². The van der Waals surface area contributed by atoms with E-state index >= 15 is 0 Å². The minimum Gasteiger partial charge on any atom is -0.349 e. The first-order valence-electron chi connectivity index (χ1n) is 9.44. The molecule has 0 bridgehead atoms. The van der Waals surface area contributed by atoms with Crippen molar-refractivity contribution >= 4 is 27.3 Å². The molecule has 5 nitrogen and oxygen atoms in total. The first-order valence-corrected chi connectivity index (χ1v) is 11.9. The minimum absolute atomic E-state index is 0.0102. The van der Waals surface area contributed by atoms with Gasteiger partial charge in [0.05, 0.1) is 18.8 Å². The summed E-state index contributed by atoms with van der Waals surface area (Å²) in [6.45, 7) is 3.00. The molecule has 0 radical (unpaired) electrons. The number of piperidine rings is 1. The highest BCUT2D eigenvalue weighted by molar-refractivity contribution is 7.89. The third-order valence-electron chi connectivity index (χ3n) is 5.04. The highest BCUT2D eigenvalue weighted by Crippen LogP contribution is 2.11. The van der Waals surface area contributed by atoms with Gasteiger partial charge in [-0.3, -0.25) is 4.79 Å². The Morgan fingerprint density at radius 1 is 1.04 bits per heavy atom. The van der Waals surface area contributed by atoms with E-state index in [0.717, 1.165) is 37.5 Å². The lowest BCUT2D eigenvalue weighted by Crippen LogP contribution is -3.12. The number of likely N-dealkylation sites (tertiary alicyclic amines) is 1. The summed E-state index contributed by atoms with van der Waals surface area (Å²) in [7, 11) is -3.07. The fourth-order valence-corrected chi connectivity index (χ4v) is 4.49. The molecule has 0 atom stereocenters. The SMILES string of the molecule is CS(=O)(=O)Cc1ccc(C(=O)NC2CC[NH+](Cc3ccc(Cl)cc3)CC2)cc1. The van der Waals surface area contributed by atoms with Crippen LogP contribution in [0.5, 0.6) is 0 Å². The van der Waals surface area contributed by atoms with Gasteiger partial charge in [0, 0.05) is 41.3 Å². The van der Waals surface area contributed by atoms with Gasteiger partial charge < -0.3 is 10.2 Å². The fourth-order valence-electron chi connectivity index (χ4n) is 3.56. The number of quaternary nitrogens is 1. The molecule has 2 N–H and O–H groups in total. The summed E-state index contributed by atoms with van der Waals surface area (Å²) >= 11 is 5.94. The Bertz CT molecular complexity index is 904. The van der Waals surface area contributed by atoms with E-state index in [0.29, 0.717) is 11.1 Å². The van der Waals surface area contributed by atoms with Crippen LogP contribution >= 0.6 is 11.6 Å². The Labute approximate surface area is 171 Å². The summed E-state index contributed by atoms with van der Waals surface area (Å²) < 4.78 is 22.7. The molecule has 2 aromatic carbocycles. The molecule has 0 spiro atoms. The number of hydrogen-bond donors (Lipinski definition) is 2. The number of halogens is 1. The molecule has 1 aliphatic rings. The quantitative estimate of drug-likeness (QED) is 0.748. The van der Waals surface area contributed by atoms with E-state index in [9.17, 15) is 13.2 Å². The largest absolute Gasteiger partial charge is 0.349 e. The predicted molar refractivity (Wildman–Crippen MR) is 111 cm³/mol. The highest BCUT2D eigenvalue weighted by atomic mass is 35.5. The molecular formula is C21H26ClN2O3S+. The van der Waals surface area contributed by atoms with Gasteiger partial charge >= 0.3 is 0 Å². The number of nitrogens with one attached hydrogen (secondary N) is 2. The molecule has 7 heteroatoms. The number of rotatable bonds is 6. The van der Waals surface area contributed by atoms with Crippen molar-refractivity contribution in [2.75, 3.05) is 19.3 Å². The van der Waals surface area contributed by atoms with Crippen LogP contribution in [0.15, 0.2) is 48.5 Å². The van der Waals surface area contributed by atoms with Crippen LogP contribution in [0.2, 0.25) is 5.02 Å². The number of amides is 1. The van der Waals surface area contributed by atoms with E-state index < -0.39 is 9.84 Å². The summed E-state index contributed by atoms with van der Waals surface area (Å²) in [5.74, 6) is -0.110. The molecule has 0 aliphatic carbocycles. The second-order valence-corrected chi connectivity index (χ2v) is 10.1. The molecule has 1 fully saturated rings. The Hall–Kier alpha value is -1.89. The highest BCUT2D eigenvalue weighted by Gasteiger charge is 2.23. The van der Waals surface area contributed by atoms with E-state index in [-0.39, 0.29) is 17.7 Å². The zero-order chi connectivity index (χ0) is 20.1. The monoisotopic (exact) mass is 421 g/mol. The van der Waals surface area contributed by atoms with Gasteiger partial charge in [-0.05, 0) is 29.8 Å². The van der Waals surface area contributed by atoms with E-state index in [4.69, 9.17) is 11.6 Å². The molecule has 0 unspecified atom stereocenters. The topological polar surface area (TPSA) is 67.7 Å². The van der Waals surface area contributed by atoms with Crippen molar-refractivity contribution in [3.05, 3.63) is 70.2 Å². The van der Waals surface area contributed by atoms with Crippen molar-refractivity contribution in [2.45, 2.75) is 31.2 Å². The third kappa shape index (κ3) is 6.33. The molecule has 0 saturated carbocycles. The minimum atomic E-state index is -3.07. The van der Waals surface area contributed by atoms with Crippen LogP contribution in [0.1, 0.15) is 34.3 Å². The van der Waals surface area contributed by atoms with Crippen LogP contribution in [-0.2, 0) is 22.1 Å². The molecule has 150 valence electrons. The summed E-state index contributed by atoms with van der Waals surface area (Å²) in [5.41, 5.74) is 2.53. The van der Waals surface area contributed by atoms with Crippen molar-refractivity contribution in [3.63, 3.8) is 0 Å². The van der Waals surface area contributed by atoms with Crippen LogP contribution in [0.3, 0.4) is 0 Å². The second-order valence-electron chi connectivity index (χ2n) is 7.57. The van der Waals surface area contributed by atoms with E-state index in [1.165, 1.54) is 16.7 Å². The van der Waals surface area contributed by atoms with Crippen molar-refractivity contribution < 1.29 is 18.1 Å². The third-order valence-corrected chi connectivity index (χ3v) is 6.15. The van der Waals surface area contributed by atoms with Crippen molar-refractivity contribution in [2.24, 2.45) is 0 Å². The molecule has 1 aliphatic heterocycles. The van der Waals surface area contributed by atoms with E-state index in [2.05, 4.69) is 17.4 Å². The number of carbonyl (C=O) groups is 1. The summed E-state index contributed by atoms with van der Waals surface area (Å²) in [4.78, 5) is 14.0. The van der Waals surface area contributed by atoms with E-state index in [1.54, 1.807) is 24.3 Å². The van der Waals surface area contributed by atoms with Gasteiger partial charge in [0.2, 0.25) is 0 Å². The Kier molecular flexibility index (Phi) is 6.75. The van der Waals surface area contributed by atoms with Gasteiger partial charge in [-0.15, -0.1) is 0 Å².